The van der Waals surface area contributed by atoms with Gasteiger partial charge in [0.15, 0.2) is 0 Å². The maximum absolute atomic E-state index is 13.9. The topological polar surface area (TPSA) is 139 Å². The molecule has 0 radical (unpaired) electrons. The lowest BCUT2D eigenvalue weighted by molar-refractivity contribution is -0.146. The van der Waals surface area contributed by atoms with Crippen molar-refractivity contribution >= 4 is 29.4 Å². The number of nitrogens with zero attached hydrogens (tertiary/aromatic N) is 1. The van der Waals surface area contributed by atoms with Crippen LogP contribution in [-0.2, 0) is 24.0 Å². The Morgan fingerprint density at radius 3 is 2.03 bits per heavy atom. The Morgan fingerprint density at radius 2 is 1.57 bits per heavy atom. The van der Waals surface area contributed by atoms with Gasteiger partial charge in [-0.05, 0) is 48.3 Å². The van der Waals surface area contributed by atoms with E-state index in [0.29, 0.717) is 13.0 Å². The van der Waals surface area contributed by atoms with Crippen molar-refractivity contribution in [2.75, 3.05) is 6.54 Å². The number of carbonyl (C=O) groups is 5. The molecule has 2 aliphatic carbocycles. The number of rotatable bonds is 10. The van der Waals surface area contributed by atoms with Crippen molar-refractivity contribution in [1.82, 2.24) is 15.5 Å². The highest BCUT2D eigenvalue weighted by Gasteiger charge is 2.51. The van der Waals surface area contributed by atoms with Crippen LogP contribution in [0.15, 0.2) is 0 Å². The van der Waals surface area contributed by atoms with Crippen LogP contribution in [0.1, 0.15) is 73.6 Å². The molecule has 0 aromatic heterocycles. The van der Waals surface area contributed by atoms with E-state index in [9.17, 15) is 24.0 Å². The number of nitrogens with one attached hydrogen (secondary N) is 2. The average Bonchev–Trinajstić information content (AvgIpc) is 3.66. The van der Waals surface area contributed by atoms with Gasteiger partial charge in [0.25, 0.3) is 5.91 Å². The highest BCUT2D eigenvalue weighted by atomic mass is 16.2. The summed E-state index contributed by atoms with van der Waals surface area (Å²) in [6.07, 6.45) is 3.93. The van der Waals surface area contributed by atoms with E-state index in [0.717, 1.165) is 25.7 Å². The predicted octanol–water partition coefficient (Wildman–Crippen LogP) is 1.39. The molecule has 1 heterocycles. The first kappa shape index (κ1) is 27.1. The Balaban J connectivity index is 1.87. The number of hydrogen-bond donors (Lipinski definition) is 3. The summed E-state index contributed by atoms with van der Waals surface area (Å²) < 4.78 is 0. The van der Waals surface area contributed by atoms with Crippen LogP contribution in [0, 0.1) is 35.0 Å². The second-order valence-electron chi connectivity index (χ2n) is 12.3. The van der Waals surface area contributed by atoms with Gasteiger partial charge in [-0.1, -0.05) is 54.4 Å². The molecule has 0 spiro atoms. The molecule has 1 unspecified atom stereocenters. The van der Waals surface area contributed by atoms with Gasteiger partial charge >= 0.3 is 0 Å². The fourth-order valence-electron chi connectivity index (χ4n) is 5.40. The molecule has 9 nitrogen and oxygen atoms in total. The van der Waals surface area contributed by atoms with Gasteiger partial charge in [-0.25, -0.2) is 0 Å². The van der Waals surface area contributed by atoms with Gasteiger partial charge in [-0.2, -0.15) is 0 Å². The molecular weight excluding hydrogens is 448 g/mol. The molecule has 3 aliphatic rings. The van der Waals surface area contributed by atoms with Gasteiger partial charge in [0.05, 0.1) is 6.04 Å². The standard InChI is InChI=1S/C26H42N4O5/c1-13(2)18-14(3)12-30(25(35)21(26(4,5)6)29-23(33)16-9-10-16)19(18)24(34)28-17(11-15-7-8-15)20(31)22(27)32/h13-19,21H,7-12H2,1-6H3,(H2,27,32)(H,28,34)(H,29,33)/t14-,17?,18-,19-,21+/m0/s1. The second-order valence-corrected chi connectivity index (χ2v) is 12.3. The van der Waals surface area contributed by atoms with Crippen LogP contribution in [0.5, 0.6) is 0 Å². The molecule has 1 aliphatic heterocycles. The minimum atomic E-state index is -1.07. The monoisotopic (exact) mass is 490 g/mol. The summed E-state index contributed by atoms with van der Waals surface area (Å²) in [5.41, 5.74) is 4.70. The van der Waals surface area contributed by atoms with E-state index in [1.165, 1.54) is 0 Å². The third-order valence-corrected chi connectivity index (χ3v) is 7.65. The molecule has 9 heteroatoms. The number of ketones is 1. The number of likely N-dealkylation sites (tertiary alicyclic amines) is 1. The van der Waals surface area contributed by atoms with Crippen molar-refractivity contribution < 1.29 is 24.0 Å². The zero-order valence-corrected chi connectivity index (χ0v) is 21.9. The molecule has 4 amide bonds. The van der Waals surface area contributed by atoms with Crippen LogP contribution in [0.25, 0.3) is 0 Å². The smallest absolute Gasteiger partial charge is 0.287 e. The predicted molar refractivity (Wildman–Crippen MR) is 131 cm³/mol. The fourth-order valence-corrected chi connectivity index (χ4v) is 5.40. The van der Waals surface area contributed by atoms with Crippen LogP contribution < -0.4 is 16.4 Å². The van der Waals surface area contributed by atoms with Crippen molar-refractivity contribution in [2.24, 2.45) is 40.7 Å². The van der Waals surface area contributed by atoms with Gasteiger partial charge < -0.3 is 21.3 Å². The maximum atomic E-state index is 13.9. The summed E-state index contributed by atoms with van der Waals surface area (Å²) in [6, 6.07) is -2.57. The van der Waals surface area contributed by atoms with E-state index in [1.54, 1.807) is 4.90 Å². The normalized spacial score (nSPS) is 26.3. The summed E-state index contributed by atoms with van der Waals surface area (Å²) in [6.45, 7) is 12.1. The first-order chi connectivity index (χ1) is 16.2. The van der Waals surface area contributed by atoms with Crippen LogP contribution in [0.2, 0.25) is 0 Å². The van der Waals surface area contributed by atoms with Crippen LogP contribution in [0.3, 0.4) is 0 Å². The summed E-state index contributed by atoms with van der Waals surface area (Å²) in [5.74, 6) is -2.48. The zero-order valence-electron chi connectivity index (χ0n) is 21.9. The fraction of sp³-hybridized carbons (Fsp3) is 0.808. The minimum Gasteiger partial charge on any atom is -0.363 e. The van der Waals surface area contributed by atoms with Crippen molar-refractivity contribution in [1.29, 1.82) is 0 Å². The van der Waals surface area contributed by atoms with Gasteiger partial charge in [0.1, 0.15) is 12.1 Å². The number of hydrogen-bond acceptors (Lipinski definition) is 5. The molecule has 5 atom stereocenters. The molecule has 4 N–H and O–H groups in total. The van der Waals surface area contributed by atoms with Crippen LogP contribution >= 0.6 is 0 Å². The summed E-state index contributed by atoms with van der Waals surface area (Å²) in [7, 11) is 0. The molecule has 3 rings (SSSR count). The lowest BCUT2D eigenvalue weighted by Crippen LogP contribution is -2.60. The quantitative estimate of drug-likeness (QED) is 0.397. The Bertz CT molecular complexity index is 871. The summed E-state index contributed by atoms with van der Waals surface area (Å²) >= 11 is 0. The van der Waals surface area contributed by atoms with Crippen molar-refractivity contribution in [3.8, 4) is 0 Å². The van der Waals surface area contributed by atoms with E-state index in [2.05, 4.69) is 10.6 Å². The van der Waals surface area contributed by atoms with Gasteiger partial charge in [-0.15, -0.1) is 0 Å². The highest BCUT2D eigenvalue weighted by molar-refractivity contribution is 6.37. The second kappa shape index (κ2) is 10.3. The number of amides is 4. The summed E-state index contributed by atoms with van der Waals surface area (Å²) in [4.78, 5) is 65.8. The van der Waals surface area contributed by atoms with Crippen molar-refractivity contribution in [3.63, 3.8) is 0 Å². The van der Waals surface area contributed by atoms with E-state index in [4.69, 9.17) is 5.73 Å². The molecule has 0 aromatic rings. The van der Waals surface area contributed by atoms with Gasteiger partial charge in [0.2, 0.25) is 23.5 Å². The lowest BCUT2D eigenvalue weighted by Gasteiger charge is -2.37. The Labute approximate surface area is 208 Å². The molecule has 0 aromatic carbocycles. The highest BCUT2D eigenvalue weighted by Crippen LogP contribution is 2.38. The summed E-state index contributed by atoms with van der Waals surface area (Å²) in [5, 5.41) is 5.72. The van der Waals surface area contributed by atoms with Crippen molar-refractivity contribution in [3.05, 3.63) is 0 Å². The third-order valence-electron chi connectivity index (χ3n) is 7.65. The van der Waals surface area contributed by atoms with Gasteiger partial charge in [-0.3, -0.25) is 24.0 Å². The van der Waals surface area contributed by atoms with E-state index in [-0.39, 0.29) is 41.4 Å². The minimum absolute atomic E-state index is 0.0446. The molecule has 35 heavy (non-hydrogen) atoms. The largest absolute Gasteiger partial charge is 0.363 e. The number of Topliss-reactive ketones (excluding diaryl/α,β-unsaturated/α-hetero) is 1. The Hall–Kier alpha value is -2.45. The molecule has 3 fully saturated rings. The van der Waals surface area contributed by atoms with Crippen LogP contribution in [0.4, 0.5) is 0 Å². The van der Waals surface area contributed by atoms with E-state index < -0.39 is 41.1 Å². The number of primary amides is 1. The molecular formula is C26H42N4O5. The molecule has 0 bridgehead atoms. The molecule has 1 saturated heterocycles. The SMILES string of the molecule is CC(C)[C@@H]1[C@@H](C(=O)NC(CC2CC2)C(=O)C(N)=O)N(C(=O)[C@@H](NC(=O)C2CC2)C(C)(C)C)C[C@@H]1C. The van der Waals surface area contributed by atoms with Crippen LogP contribution in [-0.4, -0.2) is 59.0 Å². The van der Waals surface area contributed by atoms with E-state index >= 15 is 0 Å². The number of nitrogens with two attached hydrogens (primary N) is 1. The zero-order chi connectivity index (χ0) is 26.2. The molecule has 2 saturated carbocycles. The van der Waals surface area contributed by atoms with E-state index in [1.807, 2.05) is 41.5 Å². The van der Waals surface area contributed by atoms with Gasteiger partial charge in [0, 0.05) is 12.5 Å². The average molecular weight is 491 g/mol. The van der Waals surface area contributed by atoms with Crippen molar-refractivity contribution in [2.45, 2.75) is 91.8 Å². The maximum Gasteiger partial charge on any atom is 0.287 e. The lowest BCUT2D eigenvalue weighted by atomic mass is 9.81. The number of carbonyl (C=O) groups excluding carboxylic acids is 5. The first-order valence-corrected chi connectivity index (χ1v) is 13.0. The molecule has 196 valence electrons. The Morgan fingerprint density at radius 1 is 0.971 bits per heavy atom. The Kier molecular flexibility index (Phi) is 7.96. The third kappa shape index (κ3) is 6.41. The first-order valence-electron chi connectivity index (χ1n) is 13.0.